The molecule has 0 amide bonds. The standard InChI is InChI=1S/C16H20ClNO/c1-10(2)14-8-12-7-13(17)16(9-15(12)18-14)19-6-5-11-3-4-11/h7-11,18H,3-6H2,1-2H3. The fourth-order valence-electron chi connectivity index (χ4n) is 2.32. The highest BCUT2D eigenvalue weighted by Gasteiger charge is 2.21. The van der Waals surface area contributed by atoms with E-state index in [0.29, 0.717) is 10.9 Å². The molecule has 0 saturated heterocycles. The maximum Gasteiger partial charge on any atom is 0.139 e. The number of benzene rings is 1. The van der Waals surface area contributed by atoms with Crippen molar-refractivity contribution in [1.82, 2.24) is 4.98 Å². The molecule has 1 aromatic heterocycles. The fourth-order valence-corrected chi connectivity index (χ4v) is 2.55. The number of hydrogen-bond donors (Lipinski definition) is 1. The fraction of sp³-hybridized carbons (Fsp3) is 0.500. The van der Waals surface area contributed by atoms with Crippen molar-refractivity contribution >= 4 is 22.5 Å². The van der Waals surface area contributed by atoms with Crippen molar-refractivity contribution in [2.45, 2.75) is 39.0 Å². The molecule has 3 heteroatoms. The van der Waals surface area contributed by atoms with Crippen molar-refractivity contribution in [2.75, 3.05) is 6.61 Å². The number of aromatic amines is 1. The van der Waals surface area contributed by atoms with Gasteiger partial charge in [0.15, 0.2) is 0 Å². The first kappa shape index (κ1) is 12.9. The predicted octanol–water partition coefficient (Wildman–Crippen LogP) is 5.12. The van der Waals surface area contributed by atoms with Crippen LogP contribution < -0.4 is 4.74 Å². The molecule has 2 nitrogen and oxygen atoms in total. The van der Waals surface area contributed by atoms with Gasteiger partial charge < -0.3 is 9.72 Å². The Kier molecular flexibility index (Phi) is 3.44. The Bertz CT molecular complexity index is 584. The second kappa shape index (κ2) is 5.09. The molecule has 1 saturated carbocycles. The van der Waals surface area contributed by atoms with Crippen LogP contribution in [-0.4, -0.2) is 11.6 Å². The molecule has 1 aromatic carbocycles. The molecule has 0 aliphatic heterocycles. The van der Waals surface area contributed by atoms with Crippen LogP contribution in [0.3, 0.4) is 0 Å². The van der Waals surface area contributed by atoms with Gasteiger partial charge in [0.25, 0.3) is 0 Å². The minimum absolute atomic E-state index is 0.491. The Morgan fingerprint density at radius 3 is 2.79 bits per heavy atom. The Morgan fingerprint density at radius 2 is 2.11 bits per heavy atom. The summed E-state index contributed by atoms with van der Waals surface area (Å²) in [6.45, 7) is 5.13. The van der Waals surface area contributed by atoms with Crippen LogP contribution in [0, 0.1) is 5.92 Å². The number of ether oxygens (including phenoxy) is 1. The minimum atomic E-state index is 0.491. The van der Waals surface area contributed by atoms with Crippen LogP contribution in [0.25, 0.3) is 10.9 Å². The normalized spacial score (nSPS) is 15.4. The maximum atomic E-state index is 6.28. The average molecular weight is 278 g/mol. The van der Waals surface area contributed by atoms with Gasteiger partial charge in [-0.15, -0.1) is 0 Å². The van der Waals surface area contributed by atoms with E-state index < -0.39 is 0 Å². The molecule has 0 atom stereocenters. The molecule has 1 aliphatic rings. The lowest BCUT2D eigenvalue weighted by molar-refractivity contribution is 0.303. The van der Waals surface area contributed by atoms with Gasteiger partial charge in [-0.2, -0.15) is 0 Å². The van der Waals surface area contributed by atoms with E-state index in [1.54, 1.807) is 0 Å². The Hall–Kier alpha value is -1.15. The van der Waals surface area contributed by atoms with Crippen LogP contribution in [0.15, 0.2) is 18.2 Å². The third-order valence-electron chi connectivity index (χ3n) is 3.80. The zero-order valence-corrected chi connectivity index (χ0v) is 12.3. The van der Waals surface area contributed by atoms with Crippen molar-refractivity contribution in [3.8, 4) is 5.75 Å². The topological polar surface area (TPSA) is 25.0 Å². The van der Waals surface area contributed by atoms with Crippen LogP contribution >= 0.6 is 11.6 Å². The molecule has 1 N–H and O–H groups in total. The van der Waals surface area contributed by atoms with Crippen molar-refractivity contribution < 1.29 is 4.74 Å². The molecule has 0 spiro atoms. The van der Waals surface area contributed by atoms with Gasteiger partial charge in [0.1, 0.15) is 5.75 Å². The largest absolute Gasteiger partial charge is 0.492 e. The van der Waals surface area contributed by atoms with Crippen LogP contribution in [0.4, 0.5) is 0 Å². The SMILES string of the molecule is CC(C)c1cc2cc(Cl)c(OCCC3CC3)cc2[nH]1. The first-order valence-corrected chi connectivity index (χ1v) is 7.46. The number of rotatable bonds is 5. The molecule has 3 rings (SSSR count). The highest BCUT2D eigenvalue weighted by atomic mass is 35.5. The molecule has 102 valence electrons. The third kappa shape index (κ3) is 2.89. The minimum Gasteiger partial charge on any atom is -0.492 e. The second-order valence-corrected chi connectivity index (χ2v) is 6.24. The number of nitrogens with one attached hydrogen (secondary N) is 1. The molecule has 19 heavy (non-hydrogen) atoms. The highest BCUT2D eigenvalue weighted by Crippen LogP contribution is 2.34. The lowest BCUT2D eigenvalue weighted by atomic mass is 10.1. The predicted molar refractivity (Wildman–Crippen MR) is 80.2 cm³/mol. The van der Waals surface area contributed by atoms with Crippen LogP contribution in [0.1, 0.15) is 44.7 Å². The smallest absolute Gasteiger partial charge is 0.139 e. The summed E-state index contributed by atoms with van der Waals surface area (Å²) in [5.41, 5.74) is 2.34. The quantitative estimate of drug-likeness (QED) is 0.806. The summed E-state index contributed by atoms with van der Waals surface area (Å²) in [6.07, 6.45) is 3.88. The zero-order chi connectivity index (χ0) is 13.4. The summed E-state index contributed by atoms with van der Waals surface area (Å²) in [4.78, 5) is 3.44. The number of H-pyrrole nitrogens is 1. The van der Waals surface area contributed by atoms with E-state index in [4.69, 9.17) is 16.3 Å². The molecular weight excluding hydrogens is 258 g/mol. The van der Waals surface area contributed by atoms with Gasteiger partial charge >= 0.3 is 0 Å². The molecular formula is C16H20ClNO. The van der Waals surface area contributed by atoms with Crippen LogP contribution in [-0.2, 0) is 0 Å². The number of aromatic nitrogens is 1. The van der Waals surface area contributed by atoms with Crippen LogP contribution in [0.5, 0.6) is 5.75 Å². The monoisotopic (exact) mass is 277 g/mol. The summed E-state index contributed by atoms with van der Waals surface area (Å²) in [5, 5.41) is 1.86. The van der Waals surface area contributed by atoms with E-state index in [0.717, 1.165) is 35.6 Å². The number of hydrogen-bond acceptors (Lipinski definition) is 1. The molecule has 1 fully saturated rings. The van der Waals surface area contributed by atoms with Gasteiger partial charge in [-0.1, -0.05) is 38.3 Å². The molecule has 0 bridgehead atoms. The summed E-state index contributed by atoms with van der Waals surface area (Å²) in [5.74, 6) is 2.18. The van der Waals surface area contributed by atoms with Gasteiger partial charge in [0.2, 0.25) is 0 Å². The van der Waals surface area contributed by atoms with Crippen LogP contribution in [0.2, 0.25) is 5.02 Å². The number of fused-ring (bicyclic) bond motifs is 1. The van der Waals surface area contributed by atoms with Gasteiger partial charge in [0.05, 0.1) is 11.6 Å². The van der Waals surface area contributed by atoms with Crippen molar-refractivity contribution in [3.05, 3.63) is 28.9 Å². The van der Waals surface area contributed by atoms with E-state index in [2.05, 4.69) is 24.9 Å². The molecule has 2 aromatic rings. The van der Waals surface area contributed by atoms with E-state index >= 15 is 0 Å². The Morgan fingerprint density at radius 1 is 1.32 bits per heavy atom. The second-order valence-electron chi connectivity index (χ2n) is 5.83. The van der Waals surface area contributed by atoms with Gasteiger partial charge in [-0.3, -0.25) is 0 Å². The highest BCUT2D eigenvalue weighted by molar-refractivity contribution is 6.32. The zero-order valence-electron chi connectivity index (χ0n) is 11.5. The lowest BCUT2D eigenvalue weighted by Crippen LogP contribution is -1.98. The number of halogens is 1. The summed E-state index contributed by atoms with van der Waals surface area (Å²) >= 11 is 6.28. The molecule has 1 heterocycles. The van der Waals surface area contributed by atoms with Gasteiger partial charge in [0, 0.05) is 22.7 Å². The average Bonchev–Trinajstić information content (AvgIpc) is 3.08. The van der Waals surface area contributed by atoms with E-state index in [1.165, 1.54) is 18.5 Å². The third-order valence-corrected chi connectivity index (χ3v) is 4.09. The summed E-state index contributed by atoms with van der Waals surface area (Å²) in [7, 11) is 0. The first-order valence-electron chi connectivity index (χ1n) is 7.08. The molecule has 0 radical (unpaired) electrons. The van der Waals surface area contributed by atoms with Gasteiger partial charge in [-0.25, -0.2) is 0 Å². The Balaban J connectivity index is 1.80. The van der Waals surface area contributed by atoms with Gasteiger partial charge in [-0.05, 0) is 30.4 Å². The van der Waals surface area contributed by atoms with E-state index in [-0.39, 0.29) is 0 Å². The van der Waals surface area contributed by atoms with E-state index in [9.17, 15) is 0 Å². The molecule has 0 unspecified atom stereocenters. The first-order chi connectivity index (χ1) is 9.13. The summed E-state index contributed by atoms with van der Waals surface area (Å²) < 4.78 is 5.81. The van der Waals surface area contributed by atoms with Crippen molar-refractivity contribution in [2.24, 2.45) is 5.92 Å². The molecule has 1 aliphatic carbocycles. The maximum absolute atomic E-state index is 6.28. The van der Waals surface area contributed by atoms with Crippen molar-refractivity contribution in [3.63, 3.8) is 0 Å². The summed E-state index contributed by atoms with van der Waals surface area (Å²) in [6, 6.07) is 6.18. The lowest BCUT2D eigenvalue weighted by Gasteiger charge is -2.07. The van der Waals surface area contributed by atoms with Crippen molar-refractivity contribution in [1.29, 1.82) is 0 Å². The Labute approximate surface area is 119 Å². The van der Waals surface area contributed by atoms with E-state index in [1.807, 2.05) is 12.1 Å².